The van der Waals surface area contributed by atoms with Crippen molar-refractivity contribution in [2.24, 2.45) is 0 Å². The van der Waals surface area contributed by atoms with Crippen LogP contribution in [0.4, 0.5) is 0 Å². The van der Waals surface area contributed by atoms with Gasteiger partial charge in [0.05, 0.1) is 11.1 Å². The van der Waals surface area contributed by atoms with Gasteiger partial charge in [-0.25, -0.2) is 0 Å². The Kier molecular flexibility index (Phi) is 4.86. The van der Waals surface area contributed by atoms with Crippen LogP contribution in [0.15, 0.2) is 110 Å². The summed E-state index contributed by atoms with van der Waals surface area (Å²) >= 11 is 0. The van der Waals surface area contributed by atoms with Crippen molar-refractivity contribution >= 4 is 43.1 Å². The van der Waals surface area contributed by atoms with E-state index in [-0.39, 0.29) is 0 Å². The molecule has 0 amide bonds. The Balaban J connectivity index is 1.85. The molecule has 4 heteroatoms. The average Bonchev–Trinajstić information content (AvgIpc) is 3.00. The second-order valence-electron chi connectivity index (χ2n) is 9.28. The highest BCUT2D eigenvalue weighted by atomic mass is 14.6. The Morgan fingerprint density at radius 2 is 0.816 bits per heavy atom. The van der Waals surface area contributed by atoms with E-state index in [4.69, 9.17) is 0 Å². The highest BCUT2D eigenvalue weighted by Gasteiger charge is 2.22. The normalized spacial score (nSPS) is 11.1. The van der Waals surface area contributed by atoms with Crippen LogP contribution in [-0.4, -0.2) is 9.97 Å². The van der Waals surface area contributed by atoms with Crippen LogP contribution in [0.25, 0.3) is 65.3 Å². The molecule has 5 aromatic carbocycles. The van der Waals surface area contributed by atoms with Gasteiger partial charge in [0.1, 0.15) is 12.1 Å². The predicted octanol–water partition coefficient (Wildman–Crippen LogP) is 8.17. The van der Waals surface area contributed by atoms with Crippen LogP contribution in [0.1, 0.15) is 11.1 Å². The lowest BCUT2D eigenvalue weighted by molar-refractivity contribution is 1.30. The molecule has 7 aromatic rings. The molecule has 0 aliphatic heterocycles. The molecule has 2 aromatic heterocycles. The monoisotopic (exact) mass is 482 g/mol. The van der Waals surface area contributed by atoms with Gasteiger partial charge in [0.15, 0.2) is 0 Å². The van der Waals surface area contributed by atoms with E-state index in [1.807, 2.05) is 36.7 Å². The summed E-state index contributed by atoms with van der Waals surface area (Å²) in [6, 6.07) is 33.6. The summed E-state index contributed by atoms with van der Waals surface area (Å²) < 4.78 is 0. The maximum Gasteiger partial charge on any atom is 0.101 e. The number of nitrogens with zero attached hydrogens (tertiary/aromatic N) is 4. The molecule has 0 spiro atoms. The summed E-state index contributed by atoms with van der Waals surface area (Å²) in [6.45, 7) is 0. The maximum atomic E-state index is 9.67. The minimum atomic E-state index is 0.514. The number of benzene rings is 5. The zero-order valence-corrected chi connectivity index (χ0v) is 20.2. The van der Waals surface area contributed by atoms with Crippen LogP contribution >= 0.6 is 0 Å². The molecular formula is C34H18N4. The van der Waals surface area contributed by atoms with Crippen molar-refractivity contribution in [3.05, 3.63) is 121 Å². The second kappa shape index (κ2) is 8.52. The van der Waals surface area contributed by atoms with Crippen molar-refractivity contribution in [1.82, 2.24) is 9.97 Å². The number of hydrogen-bond donors (Lipinski definition) is 0. The third-order valence-corrected chi connectivity index (χ3v) is 7.21. The van der Waals surface area contributed by atoms with Gasteiger partial charge in [-0.05, 0) is 66.3 Å². The summed E-state index contributed by atoms with van der Waals surface area (Å²) in [7, 11) is 0. The molecule has 2 heterocycles. The fourth-order valence-corrected chi connectivity index (χ4v) is 5.72. The number of fused-ring (bicyclic) bond motifs is 7. The fraction of sp³-hybridized carbons (Fsp3) is 0. The number of aromatic nitrogens is 2. The predicted molar refractivity (Wildman–Crippen MR) is 152 cm³/mol. The van der Waals surface area contributed by atoms with Gasteiger partial charge in [-0.2, -0.15) is 10.5 Å². The summed E-state index contributed by atoms with van der Waals surface area (Å²) in [5.41, 5.74) is 4.88. The van der Waals surface area contributed by atoms with Gasteiger partial charge in [0.25, 0.3) is 0 Å². The van der Waals surface area contributed by atoms with E-state index in [1.54, 1.807) is 12.4 Å². The number of rotatable bonds is 2. The lowest BCUT2D eigenvalue weighted by Gasteiger charge is -2.21. The van der Waals surface area contributed by atoms with Gasteiger partial charge in [-0.3, -0.25) is 9.97 Å². The fourth-order valence-electron chi connectivity index (χ4n) is 5.72. The Bertz CT molecular complexity index is 2010. The maximum absolute atomic E-state index is 9.67. The molecule has 38 heavy (non-hydrogen) atoms. The Morgan fingerprint density at radius 1 is 0.447 bits per heavy atom. The van der Waals surface area contributed by atoms with Gasteiger partial charge >= 0.3 is 0 Å². The van der Waals surface area contributed by atoms with Crippen LogP contribution in [0.2, 0.25) is 0 Å². The SMILES string of the molecule is N#Cc1cncc(-c2c3ccccc3c(-c3cncc(C#N)c3)c3c4ccccc4c4ccccc4c23)c1. The number of hydrogen-bond acceptors (Lipinski definition) is 4. The largest absolute Gasteiger partial charge is 0.263 e. The Labute approximate surface area is 218 Å². The number of pyridine rings is 2. The smallest absolute Gasteiger partial charge is 0.101 e. The lowest BCUT2D eigenvalue weighted by atomic mass is 9.82. The van der Waals surface area contributed by atoms with Gasteiger partial charge < -0.3 is 0 Å². The van der Waals surface area contributed by atoms with Crippen LogP contribution in [0.5, 0.6) is 0 Å². The first-order chi connectivity index (χ1) is 18.8. The molecule has 0 fully saturated rings. The van der Waals surface area contributed by atoms with Crippen LogP contribution in [-0.2, 0) is 0 Å². The summed E-state index contributed by atoms with van der Waals surface area (Å²) in [5, 5.41) is 28.2. The minimum Gasteiger partial charge on any atom is -0.263 e. The van der Waals surface area contributed by atoms with E-state index in [0.29, 0.717) is 11.1 Å². The topological polar surface area (TPSA) is 73.4 Å². The molecule has 174 valence electrons. The van der Waals surface area contributed by atoms with Crippen LogP contribution in [0.3, 0.4) is 0 Å². The van der Waals surface area contributed by atoms with Crippen LogP contribution < -0.4 is 0 Å². The Hall–Kier alpha value is -5.58. The zero-order chi connectivity index (χ0) is 25.6. The first-order valence-electron chi connectivity index (χ1n) is 12.3. The van der Waals surface area contributed by atoms with Crippen LogP contribution in [0, 0.1) is 22.7 Å². The summed E-state index contributed by atoms with van der Waals surface area (Å²) in [4.78, 5) is 8.85. The minimum absolute atomic E-state index is 0.514. The molecule has 0 unspecified atom stereocenters. The van der Waals surface area contributed by atoms with Gasteiger partial charge in [0, 0.05) is 35.9 Å². The lowest BCUT2D eigenvalue weighted by Crippen LogP contribution is -1.95. The van der Waals surface area contributed by atoms with Crippen molar-refractivity contribution in [2.75, 3.05) is 0 Å². The average molecular weight is 483 g/mol. The molecular weight excluding hydrogens is 464 g/mol. The highest BCUT2D eigenvalue weighted by molar-refractivity contribution is 6.36. The van der Waals surface area contributed by atoms with Gasteiger partial charge in [-0.15, -0.1) is 0 Å². The van der Waals surface area contributed by atoms with E-state index in [1.165, 1.54) is 0 Å². The Morgan fingerprint density at radius 3 is 1.21 bits per heavy atom. The highest BCUT2D eigenvalue weighted by Crippen LogP contribution is 2.49. The second-order valence-corrected chi connectivity index (χ2v) is 9.28. The van der Waals surface area contributed by atoms with E-state index < -0.39 is 0 Å². The molecule has 0 bridgehead atoms. The molecule has 0 atom stereocenters. The van der Waals surface area contributed by atoms with E-state index in [0.717, 1.165) is 65.3 Å². The molecule has 7 rings (SSSR count). The van der Waals surface area contributed by atoms with E-state index in [2.05, 4.69) is 82.8 Å². The molecule has 0 aliphatic rings. The first kappa shape index (κ1) is 21.7. The standard InChI is InChI=1S/C34H18N4/c35-15-21-13-23(19-37-17-21)31-29-11-5-6-12-30(29)32(24-14-22(16-36)18-38-20-24)34-28-10-4-2-8-26(28)25-7-1-3-9-27(25)33(31)34/h1-14,17-20H. The van der Waals surface area contributed by atoms with Crippen molar-refractivity contribution in [2.45, 2.75) is 0 Å². The van der Waals surface area contributed by atoms with E-state index >= 15 is 0 Å². The van der Waals surface area contributed by atoms with Gasteiger partial charge in [-0.1, -0.05) is 72.8 Å². The molecule has 0 N–H and O–H groups in total. The molecule has 0 radical (unpaired) electrons. The molecule has 0 saturated heterocycles. The van der Waals surface area contributed by atoms with Crippen molar-refractivity contribution in [1.29, 1.82) is 10.5 Å². The molecule has 0 saturated carbocycles. The summed E-state index contributed by atoms with van der Waals surface area (Å²) in [6.07, 6.45) is 6.86. The number of nitriles is 2. The quantitative estimate of drug-likeness (QED) is 0.184. The van der Waals surface area contributed by atoms with Gasteiger partial charge in [0.2, 0.25) is 0 Å². The van der Waals surface area contributed by atoms with Crippen molar-refractivity contribution < 1.29 is 0 Å². The zero-order valence-electron chi connectivity index (χ0n) is 20.2. The third-order valence-electron chi connectivity index (χ3n) is 7.21. The van der Waals surface area contributed by atoms with E-state index in [9.17, 15) is 10.5 Å². The van der Waals surface area contributed by atoms with Crippen molar-refractivity contribution in [3.8, 4) is 34.4 Å². The summed E-state index contributed by atoms with van der Waals surface area (Å²) in [5.74, 6) is 0. The third kappa shape index (κ3) is 3.15. The van der Waals surface area contributed by atoms with Crippen molar-refractivity contribution in [3.63, 3.8) is 0 Å². The first-order valence-corrected chi connectivity index (χ1v) is 12.3. The molecule has 0 aliphatic carbocycles. The molecule has 4 nitrogen and oxygen atoms in total.